The standard InChI is InChI=1S/C55H36N2/c1-3-17-37(18-4-1)41-21-10-15-29-52(41)57-53-30-16-11-25-46(53)47-34-32-40(36-54(47)57)56(38-19-5-2-6-20-38)39-31-33-45-44-24-9-14-28-50(44)55(51(45)35-39)48-26-12-7-22-42(48)43-23-8-13-27-49(43)55/h1-36H. The summed E-state index contributed by atoms with van der Waals surface area (Å²) in [5.41, 5.74) is 19.4. The first-order valence-corrected chi connectivity index (χ1v) is 19.8. The van der Waals surface area contributed by atoms with Gasteiger partial charge in [0.05, 0.1) is 22.1 Å². The van der Waals surface area contributed by atoms with Gasteiger partial charge in [-0.3, -0.25) is 0 Å². The maximum atomic E-state index is 2.48. The van der Waals surface area contributed by atoms with Gasteiger partial charge in [0, 0.05) is 33.4 Å². The molecule has 0 radical (unpaired) electrons. The molecule has 2 heteroatoms. The van der Waals surface area contributed by atoms with Gasteiger partial charge in [-0.05, 0) is 98.6 Å². The fourth-order valence-corrected chi connectivity index (χ4v) is 10.1. The van der Waals surface area contributed by atoms with Crippen molar-refractivity contribution in [2.75, 3.05) is 4.90 Å². The lowest BCUT2D eigenvalue weighted by Crippen LogP contribution is -2.26. The molecular formula is C55H36N2. The molecule has 2 nitrogen and oxygen atoms in total. The van der Waals surface area contributed by atoms with Crippen molar-refractivity contribution in [2.45, 2.75) is 5.41 Å². The second kappa shape index (κ2) is 12.3. The predicted molar refractivity (Wildman–Crippen MR) is 237 cm³/mol. The van der Waals surface area contributed by atoms with Crippen LogP contribution in [-0.2, 0) is 5.41 Å². The highest BCUT2D eigenvalue weighted by atomic mass is 15.1. The van der Waals surface area contributed by atoms with Crippen molar-refractivity contribution in [3.8, 4) is 39.1 Å². The lowest BCUT2D eigenvalue weighted by atomic mass is 9.70. The molecule has 0 fully saturated rings. The first-order valence-electron chi connectivity index (χ1n) is 19.8. The molecule has 2 aliphatic rings. The maximum Gasteiger partial charge on any atom is 0.0726 e. The van der Waals surface area contributed by atoms with E-state index in [0.29, 0.717) is 0 Å². The number of hydrogen-bond acceptors (Lipinski definition) is 1. The largest absolute Gasteiger partial charge is 0.310 e. The molecule has 0 N–H and O–H groups in total. The molecule has 1 aromatic heterocycles. The van der Waals surface area contributed by atoms with E-state index in [9.17, 15) is 0 Å². The van der Waals surface area contributed by atoms with E-state index in [1.807, 2.05) is 0 Å². The molecular weight excluding hydrogens is 689 g/mol. The van der Waals surface area contributed by atoms with Gasteiger partial charge >= 0.3 is 0 Å². The first-order chi connectivity index (χ1) is 28.3. The van der Waals surface area contributed by atoms with Gasteiger partial charge < -0.3 is 9.47 Å². The molecule has 2 aliphatic carbocycles. The van der Waals surface area contributed by atoms with Gasteiger partial charge in [0.2, 0.25) is 0 Å². The molecule has 0 atom stereocenters. The molecule has 10 aromatic rings. The fraction of sp³-hybridized carbons (Fsp3) is 0.0182. The minimum atomic E-state index is -0.422. The van der Waals surface area contributed by atoms with Crippen molar-refractivity contribution in [1.29, 1.82) is 0 Å². The van der Waals surface area contributed by atoms with Gasteiger partial charge in [0.1, 0.15) is 0 Å². The van der Waals surface area contributed by atoms with Crippen LogP contribution in [0.4, 0.5) is 17.1 Å². The van der Waals surface area contributed by atoms with E-state index in [-0.39, 0.29) is 0 Å². The maximum absolute atomic E-state index is 2.48. The van der Waals surface area contributed by atoms with Crippen molar-refractivity contribution in [3.05, 3.63) is 241 Å². The van der Waals surface area contributed by atoms with E-state index >= 15 is 0 Å². The van der Waals surface area contributed by atoms with Crippen LogP contribution in [0.25, 0.3) is 60.9 Å². The summed E-state index contributed by atoms with van der Waals surface area (Å²) >= 11 is 0. The van der Waals surface area contributed by atoms with E-state index in [2.05, 4.69) is 228 Å². The molecule has 0 saturated carbocycles. The number of fused-ring (bicyclic) bond motifs is 13. The zero-order valence-electron chi connectivity index (χ0n) is 31.2. The van der Waals surface area contributed by atoms with Gasteiger partial charge in [0.15, 0.2) is 0 Å². The molecule has 12 rings (SSSR count). The first kappa shape index (κ1) is 31.9. The number of nitrogens with zero attached hydrogens (tertiary/aromatic N) is 2. The van der Waals surface area contributed by atoms with E-state index in [4.69, 9.17) is 0 Å². The minimum Gasteiger partial charge on any atom is -0.310 e. The van der Waals surface area contributed by atoms with Crippen LogP contribution in [0.3, 0.4) is 0 Å². The molecule has 1 heterocycles. The molecule has 0 aliphatic heterocycles. The summed E-state index contributed by atoms with van der Waals surface area (Å²) in [5.74, 6) is 0. The summed E-state index contributed by atoms with van der Waals surface area (Å²) < 4.78 is 2.46. The van der Waals surface area contributed by atoms with Crippen molar-refractivity contribution >= 4 is 38.9 Å². The molecule has 0 saturated heterocycles. The number of rotatable bonds is 5. The average molecular weight is 725 g/mol. The van der Waals surface area contributed by atoms with E-state index in [1.54, 1.807) is 0 Å². The van der Waals surface area contributed by atoms with Crippen molar-refractivity contribution in [3.63, 3.8) is 0 Å². The second-order valence-electron chi connectivity index (χ2n) is 15.2. The number of para-hydroxylation sites is 3. The van der Waals surface area contributed by atoms with Gasteiger partial charge in [-0.15, -0.1) is 0 Å². The summed E-state index contributed by atoms with van der Waals surface area (Å²) in [6.07, 6.45) is 0. The Bertz CT molecular complexity index is 3130. The Kier molecular flexibility index (Phi) is 6.88. The van der Waals surface area contributed by atoms with Gasteiger partial charge in [-0.2, -0.15) is 0 Å². The number of aromatic nitrogens is 1. The van der Waals surface area contributed by atoms with Crippen molar-refractivity contribution in [1.82, 2.24) is 4.57 Å². The summed E-state index contributed by atoms with van der Waals surface area (Å²) in [7, 11) is 0. The minimum absolute atomic E-state index is 0.422. The molecule has 0 amide bonds. The molecule has 0 bridgehead atoms. The second-order valence-corrected chi connectivity index (χ2v) is 15.2. The van der Waals surface area contributed by atoms with E-state index in [0.717, 1.165) is 22.7 Å². The Hall–Kier alpha value is -7.42. The van der Waals surface area contributed by atoms with Crippen LogP contribution in [0.2, 0.25) is 0 Å². The quantitative estimate of drug-likeness (QED) is 0.172. The van der Waals surface area contributed by atoms with Gasteiger partial charge in [-0.25, -0.2) is 0 Å². The third-order valence-corrected chi connectivity index (χ3v) is 12.4. The highest BCUT2D eigenvalue weighted by Crippen LogP contribution is 2.63. The Morgan fingerprint density at radius 3 is 1.49 bits per heavy atom. The Balaban J connectivity index is 1.12. The topological polar surface area (TPSA) is 8.17 Å². The lowest BCUT2D eigenvalue weighted by molar-refractivity contribution is 0.793. The lowest BCUT2D eigenvalue weighted by Gasteiger charge is -2.32. The highest BCUT2D eigenvalue weighted by molar-refractivity contribution is 6.11. The third kappa shape index (κ3) is 4.47. The van der Waals surface area contributed by atoms with Crippen LogP contribution in [0.15, 0.2) is 218 Å². The smallest absolute Gasteiger partial charge is 0.0726 e. The van der Waals surface area contributed by atoms with Crippen LogP contribution in [-0.4, -0.2) is 4.57 Å². The number of benzene rings is 9. The number of hydrogen-bond donors (Lipinski definition) is 0. The van der Waals surface area contributed by atoms with Crippen LogP contribution >= 0.6 is 0 Å². The van der Waals surface area contributed by atoms with Crippen LogP contribution < -0.4 is 4.90 Å². The molecule has 1 spiro atoms. The Labute approximate surface area is 332 Å². The van der Waals surface area contributed by atoms with Crippen molar-refractivity contribution < 1.29 is 0 Å². The SMILES string of the molecule is c1ccc(-c2ccccc2-n2c3ccccc3c3ccc(N(c4ccccc4)c4ccc5c(c4)C4(c6ccccc6-c6ccccc64)c4ccccc4-5)cc32)cc1. The zero-order chi connectivity index (χ0) is 37.5. The van der Waals surface area contributed by atoms with Crippen LogP contribution in [0, 0.1) is 0 Å². The van der Waals surface area contributed by atoms with Gasteiger partial charge in [0.25, 0.3) is 0 Å². The van der Waals surface area contributed by atoms with Crippen molar-refractivity contribution in [2.24, 2.45) is 0 Å². The monoisotopic (exact) mass is 724 g/mol. The average Bonchev–Trinajstić information content (AvgIpc) is 3.89. The Morgan fingerprint density at radius 1 is 0.316 bits per heavy atom. The van der Waals surface area contributed by atoms with E-state index in [1.165, 1.54) is 77.4 Å². The normalized spacial score (nSPS) is 13.1. The summed E-state index contributed by atoms with van der Waals surface area (Å²) in [5, 5.41) is 2.47. The van der Waals surface area contributed by atoms with Crippen LogP contribution in [0.1, 0.15) is 22.3 Å². The molecule has 266 valence electrons. The number of anilines is 3. The summed E-state index contributed by atoms with van der Waals surface area (Å²) in [4.78, 5) is 2.44. The third-order valence-electron chi connectivity index (χ3n) is 12.4. The van der Waals surface area contributed by atoms with Gasteiger partial charge in [-0.1, -0.05) is 170 Å². The predicted octanol–water partition coefficient (Wildman–Crippen LogP) is 14.3. The zero-order valence-corrected chi connectivity index (χ0v) is 31.2. The molecule has 57 heavy (non-hydrogen) atoms. The molecule has 9 aromatic carbocycles. The summed E-state index contributed by atoms with van der Waals surface area (Å²) in [6, 6.07) is 80.4. The highest BCUT2D eigenvalue weighted by Gasteiger charge is 2.51. The Morgan fingerprint density at radius 2 is 0.807 bits per heavy atom. The summed E-state index contributed by atoms with van der Waals surface area (Å²) in [6.45, 7) is 0. The fourth-order valence-electron chi connectivity index (χ4n) is 10.1. The van der Waals surface area contributed by atoms with E-state index < -0.39 is 5.41 Å². The van der Waals surface area contributed by atoms with Crippen LogP contribution in [0.5, 0.6) is 0 Å². The molecule has 0 unspecified atom stereocenters.